The van der Waals surface area contributed by atoms with Gasteiger partial charge in [-0.2, -0.15) is 0 Å². The van der Waals surface area contributed by atoms with E-state index >= 15 is 0 Å². The Balaban J connectivity index is 1.91. The van der Waals surface area contributed by atoms with Crippen LogP contribution in [0.25, 0.3) is 6.08 Å². The zero-order valence-corrected chi connectivity index (χ0v) is 20.5. The molecule has 35 heavy (non-hydrogen) atoms. The van der Waals surface area contributed by atoms with Crippen molar-refractivity contribution in [1.29, 1.82) is 0 Å². The predicted octanol–water partition coefficient (Wildman–Crippen LogP) is 5.60. The number of halogens is 1. The van der Waals surface area contributed by atoms with E-state index in [1.807, 2.05) is 6.92 Å². The van der Waals surface area contributed by atoms with Gasteiger partial charge in [-0.15, -0.1) is 0 Å². The highest BCUT2D eigenvalue weighted by Gasteiger charge is 2.33. The first-order valence-corrected chi connectivity index (χ1v) is 11.9. The zero-order chi connectivity index (χ0) is 25.4. The summed E-state index contributed by atoms with van der Waals surface area (Å²) in [6.45, 7) is 5.64. The van der Waals surface area contributed by atoms with Gasteiger partial charge >= 0.3 is 5.97 Å². The molecule has 0 unspecified atom stereocenters. The number of amides is 1. The van der Waals surface area contributed by atoms with Crippen LogP contribution in [0.5, 0.6) is 11.5 Å². The molecule has 9 heteroatoms. The zero-order valence-electron chi connectivity index (χ0n) is 19.7. The Bertz CT molecular complexity index is 1200. The molecule has 0 fully saturated rings. The highest BCUT2D eigenvalue weighted by molar-refractivity contribution is 8.18. The molecule has 7 nitrogen and oxygen atoms in total. The molecule has 3 rings (SSSR count). The van der Waals surface area contributed by atoms with Crippen molar-refractivity contribution in [3.05, 3.63) is 75.6 Å². The predicted molar refractivity (Wildman–Crippen MR) is 133 cm³/mol. The van der Waals surface area contributed by atoms with Gasteiger partial charge in [0.05, 0.1) is 18.1 Å². The number of thioether (sulfide) groups is 1. The van der Waals surface area contributed by atoms with Crippen molar-refractivity contribution < 1.29 is 33.3 Å². The fraction of sp³-hybridized carbons (Fsp3) is 0.269. The lowest BCUT2D eigenvalue weighted by Gasteiger charge is -2.13. The molecule has 0 bridgehead atoms. The lowest BCUT2D eigenvalue weighted by Crippen LogP contribution is -2.14. The average Bonchev–Trinajstić information content (AvgIpc) is 3.14. The molecular formula is C26H26FNO6S. The van der Waals surface area contributed by atoms with Gasteiger partial charge in [-0.3, -0.25) is 4.79 Å². The maximum atomic E-state index is 13.9. The molecule has 0 saturated heterocycles. The fourth-order valence-corrected chi connectivity index (χ4v) is 4.14. The Morgan fingerprint density at radius 1 is 1.06 bits per heavy atom. The minimum Gasteiger partial charge on any atom is -0.506 e. The standard InChI is InChI=1S/C26H26FNO6S/c1-4-22(29)28-25-23(26(31)33-6-3)24(30)21(35-25)14-16-11-12-19(20(13-16)32-5-2)34-15-17-9-7-8-10-18(17)27/h7-14,30H,4-6,15H2,1-3H3/b21-14-,28-25?. The van der Waals surface area contributed by atoms with Crippen molar-refractivity contribution in [3.63, 3.8) is 0 Å². The molecule has 2 aromatic rings. The van der Waals surface area contributed by atoms with E-state index in [1.165, 1.54) is 6.07 Å². The van der Waals surface area contributed by atoms with Crippen LogP contribution in [0.2, 0.25) is 0 Å². The number of ether oxygens (including phenoxy) is 3. The second-order valence-electron chi connectivity index (χ2n) is 7.24. The highest BCUT2D eigenvalue weighted by Crippen LogP contribution is 2.40. The summed E-state index contributed by atoms with van der Waals surface area (Å²) in [4.78, 5) is 28.5. The van der Waals surface area contributed by atoms with Gasteiger partial charge in [0.15, 0.2) is 11.5 Å². The molecule has 2 aromatic carbocycles. The first-order chi connectivity index (χ1) is 16.9. The van der Waals surface area contributed by atoms with Crippen molar-refractivity contribution in [2.24, 2.45) is 4.99 Å². The number of esters is 1. The maximum absolute atomic E-state index is 13.9. The number of aliphatic hydroxyl groups is 1. The van der Waals surface area contributed by atoms with Gasteiger partial charge in [-0.1, -0.05) is 43.0 Å². The van der Waals surface area contributed by atoms with Crippen LogP contribution >= 0.6 is 11.8 Å². The summed E-state index contributed by atoms with van der Waals surface area (Å²) < 4.78 is 30.4. The van der Waals surface area contributed by atoms with Crippen LogP contribution in [0, 0.1) is 5.82 Å². The summed E-state index contributed by atoms with van der Waals surface area (Å²) >= 11 is 1.00. The van der Waals surface area contributed by atoms with E-state index in [-0.39, 0.29) is 41.8 Å². The van der Waals surface area contributed by atoms with Crippen molar-refractivity contribution in [1.82, 2.24) is 0 Å². The molecule has 184 valence electrons. The fourth-order valence-electron chi connectivity index (χ4n) is 3.11. The molecule has 0 radical (unpaired) electrons. The number of aliphatic hydroxyl groups excluding tert-OH is 1. The third-order valence-corrected chi connectivity index (χ3v) is 5.83. The van der Waals surface area contributed by atoms with E-state index in [1.54, 1.807) is 56.3 Å². The molecule has 0 aromatic heterocycles. The SMILES string of the molecule is CCOC(=O)C1=C(O)/C(=C/c2ccc(OCc3ccccc3F)c(OCC)c2)SC1=NC(=O)CC. The number of hydrogen-bond acceptors (Lipinski definition) is 7. The van der Waals surface area contributed by atoms with Gasteiger partial charge in [0.1, 0.15) is 28.8 Å². The molecule has 0 saturated carbocycles. The van der Waals surface area contributed by atoms with Crippen molar-refractivity contribution in [2.75, 3.05) is 13.2 Å². The Kier molecular flexibility index (Phi) is 9.08. The van der Waals surface area contributed by atoms with E-state index in [4.69, 9.17) is 14.2 Å². The van der Waals surface area contributed by atoms with Crippen LogP contribution in [0.3, 0.4) is 0 Å². The smallest absolute Gasteiger partial charge is 0.344 e. The number of hydrogen-bond donors (Lipinski definition) is 1. The van der Waals surface area contributed by atoms with Crippen molar-refractivity contribution >= 4 is 34.8 Å². The summed E-state index contributed by atoms with van der Waals surface area (Å²) in [6.07, 6.45) is 1.80. The molecule has 1 aliphatic rings. The quantitative estimate of drug-likeness (QED) is 0.449. The van der Waals surface area contributed by atoms with E-state index < -0.39 is 11.9 Å². The van der Waals surface area contributed by atoms with Gasteiger partial charge in [0.2, 0.25) is 5.91 Å². The van der Waals surface area contributed by atoms with Gasteiger partial charge in [0, 0.05) is 12.0 Å². The van der Waals surface area contributed by atoms with Crippen LogP contribution in [0.15, 0.2) is 63.7 Å². The third kappa shape index (κ3) is 6.51. The third-order valence-electron chi connectivity index (χ3n) is 4.81. The number of carbonyl (C=O) groups excluding carboxylic acids is 2. The highest BCUT2D eigenvalue weighted by atomic mass is 32.2. The first-order valence-electron chi connectivity index (χ1n) is 11.1. The monoisotopic (exact) mass is 499 g/mol. The van der Waals surface area contributed by atoms with E-state index in [0.29, 0.717) is 34.1 Å². The van der Waals surface area contributed by atoms with Crippen molar-refractivity contribution in [3.8, 4) is 11.5 Å². The summed E-state index contributed by atoms with van der Waals surface area (Å²) in [6, 6.07) is 11.5. The van der Waals surface area contributed by atoms with Gasteiger partial charge in [0.25, 0.3) is 0 Å². The van der Waals surface area contributed by atoms with Crippen LogP contribution in [0.4, 0.5) is 4.39 Å². The molecule has 1 amide bonds. The summed E-state index contributed by atoms with van der Waals surface area (Å²) in [5.74, 6) is -0.976. The van der Waals surface area contributed by atoms with Gasteiger partial charge in [-0.05, 0) is 43.7 Å². The van der Waals surface area contributed by atoms with Gasteiger partial charge < -0.3 is 19.3 Å². The minimum atomic E-state index is -0.754. The maximum Gasteiger partial charge on any atom is 0.344 e. The van der Waals surface area contributed by atoms with E-state index in [9.17, 15) is 19.1 Å². The Labute approximate surface area is 207 Å². The topological polar surface area (TPSA) is 94.4 Å². The van der Waals surface area contributed by atoms with Gasteiger partial charge in [-0.25, -0.2) is 14.2 Å². The Hall–Kier alpha value is -3.59. The number of rotatable bonds is 9. The van der Waals surface area contributed by atoms with Crippen LogP contribution < -0.4 is 9.47 Å². The molecule has 0 spiro atoms. The lowest BCUT2D eigenvalue weighted by molar-refractivity contribution is -0.138. The molecule has 1 N–H and O–H groups in total. The number of carbonyl (C=O) groups is 2. The van der Waals surface area contributed by atoms with Crippen molar-refractivity contribution in [2.45, 2.75) is 33.8 Å². The van der Waals surface area contributed by atoms with Crippen LogP contribution in [0.1, 0.15) is 38.3 Å². The summed E-state index contributed by atoms with van der Waals surface area (Å²) in [5, 5.41) is 10.8. The average molecular weight is 500 g/mol. The molecule has 0 aliphatic carbocycles. The van der Waals surface area contributed by atoms with E-state index in [0.717, 1.165) is 11.8 Å². The Morgan fingerprint density at radius 2 is 1.83 bits per heavy atom. The van der Waals surface area contributed by atoms with E-state index in [2.05, 4.69) is 4.99 Å². The summed E-state index contributed by atoms with van der Waals surface area (Å²) in [7, 11) is 0. The lowest BCUT2D eigenvalue weighted by atomic mass is 10.1. The van der Waals surface area contributed by atoms with Crippen LogP contribution in [-0.4, -0.2) is 35.2 Å². The summed E-state index contributed by atoms with van der Waals surface area (Å²) in [5.41, 5.74) is 0.922. The molecular weight excluding hydrogens is 473 g/mol. The largest absolute Gasteiger partial charge is 0.506 e. The number of aliphatic imine (C=N–C) groups is 1. The minimum absolute atomic E-state index is 0.0285. The number of benzene rings is 2. The molecule has 1 aliphatic heterocycles. The van der Waals surface area contributed by atoms with Crippen LogP contribution in [-0.2, 0) is 20.9 Å². The molecule has 0 atom stereocenters. The second-order valence-corrected chi connectivity index (χ2v) is 8.27. The molecule has 1 heterocycles. The number of nitrogens with zero attached hydrogens (tertiary/aromatic N) is 1. The first kappa shape index (κ1) is 26.0. The second kappa shape index (κ2) is 12.2. The normalized spacial score (nSPS) is 15.5. The Morgan fingerprint density at radius 3 is 2.51 bits per heavy atom.